The molecule has 1 aliphatic heterocycles. The van der Waals surface area contributed by atoms with Gasteiger partial charge in [-0.05, 0) is 20.8 Å². The van der Waals surface area contributed by atoms with E-state index in [-0.39, 0.29) is 5.54 Å². The monoisotopic (exact) mass is 404 g/mol. The summed E-state index contributed by atoms with van der Waals surface area (Å²) in [6.07, 6.45) is 0. The van der Waals surface area contributed by atoms with Crippen LogP contribution < -0.4 is 5.32 Å². The summed E-state index contributed by atoms with van der Waals surface area (Å²) in [5, 5.41) is 22.6. The number of rotatable bonds is 5. The van der Waals surface area contributed by atoms with Crippen molar-refractivity contribution in [2.24, 2.45) is 0 Å². The Morgan fingerprint density at radius 2 is 1.96 bits per heavy atom. The van der Waals surface area contributed by atoms with Crippen molar-refractivity contribution in [3.63, 3.8) is 0 Å². The molecule has 6 nitrogen and oxygen atoms in total. The lowest BCUT2D eigenvalue weighted by atomic mass is 10.1. The second kappa shape index (κ2) is 7.21. The highest BCUT2D eigenvalue weighted by Gasteiger charge is 2.28. The molecule has 0 aliphatic carbocycles. The second-order valence-corrected chi connectivity index (χ2v) is 10.3. The Labute approximate surface area is 165 Å². The molecule has 2 aromatic heterocycles. The van der Waals surface area contributed by atoms with Gasteiger partial charge in [-0.15, -0.1) is 20.4 Å². The van der Waals surface area contributed by atoms with Crippen LogP contribution in [-0.4, -0.2) is 42.0 Å². The van der Waals surface area contributed by atoms with Crippen molar-refractivity contribution in [2.75, 3.05) is 16.8 Å². The van der Waals surface area contributed by atoms with Crippen LogP contribution in [0.3, 0.4) is 0 Å². The van der Waals surface area contributed by atoms with Gasteiger partial charge in [-0.25, -0.2) is 0 Å². The van der Waals surface area contributed by atoms with Gasteiger partial charge in [-0.2, -0.15) is 0 Å². The van der Waals surface area contributed by atoms with Gasteiger partial charge in [0.2, 0.25) is 5.13 Å². The third kappa shape index (κ3) is 3.89. The van der Waals surface area contributed by atoms with E-state index in [9.17, 15) is 0 Å². The summed E-state index contributed by atoms with van der Waals surface area (Å²) in [4.78, 5) is 0. The molecule has 0 spiro atoms. The third-order valence-corrected chi connectivity index (χ3v) is 6.96. The van der Waals surface area contributed by atoms with Gasteiger partial charge in [0.1, 0.15) is 0 Å². The Kier molecular flexibility index (Phi) is 4.94. The molecule has 136 valence electrons. The van der Waals surface area contributed by atoms with Gasteiger partial charge in [-0.3, -0.25) is 4.57 Å². The van der Waals surface area contributed by atoms with Crippen molar-refractivity contribution < 1.29 is 0 Å². The molecule has 0 unspecified atom stereocenters. The van der Waals surface area contributed by atoms with Gasteiger partial charge in [0.15, 0.2) is 15.3 Å². The minimum Gasteiger partial charge on any atom is -0.355 e. The number of nitrogens with one attached hydrogen (secondary N) is 1. The number of thioether (sulfide) groups is 2. The second-order valence-electron chi connectivity index (χ2n) is 7.07. The number of fused-ring (bicyclic) bond motifs is 1. The van der Waals surface area contributed by atoms with Crippen LogP contribution in [0.5, 0.6) is 0 Å². The van der Waals surface area contributed by atoms with Crippen LogP contribution in [0, 0.1) is 0 Å². The molecular formula is C17H20N6S3. The van der Waals surface area contributed by atoms with E-state index >= 15 is 0 Å². The highest BCUT2D eigenvalue weighted by molar-refractivity contribution is 8.01. The van der Waals surface area contributed by atoms with E-state index in [1.165, 1.54) is 0 Å². The molecule has 0 saturated carbocycles. The predicted octanol–water partition coefficient (Wildman–Crippen LogP) is 4.45. The summed E-state index contributed by atoms with van der Waals surface area (Å²) in [6.45, 7) is 6.36. The Bertz CT molecular complexity index is 884. The van der Waals surface area contributed by atoms with Crippen molar-refractivity contribution >= 4 is 40.0 Å². The molecule has 0 bridgehead atoms. The zero-order valence-electron chi connectivity index (χ0n) is 14.8. The van der Waals surface area contributed by atoms with Gasteiger partial charge >= 0.3 is 0 Å². The number of aromatic nitrogens is 5. The number of hydrogen-bond acceptors (Lipinski definition) is 8. The number of nitrogens with zero attached hydrogens (tertiary/aromatic N) is 5. The van der Waals surface area contributed by atoms with Crippen LogP contribution in [0.25, 0.3) is 11.4 Å². The molecule has 26 heavy (non-hydrogen) atoms. The molecule has 9 heteroatoms. The molecular weight excluding hydrogens is 384 g/mol. The molecule has 0 amide bonds. The summed E-state index contributed by atoms with van der Waals surface area (Å²) >= 11 is 5.13. The van der Waals surface area contributed by atoms with E-state index in [0.29, 0.717) is 6.04 Å². The summed E-state index contributed by atoms with van der Waals surface area (Å²) in [6, 6.07) is 10.6. The Balaban J connectivity index is 1.47. The molecule has 0 saturated heterocycles. The molecule has 1 atom stereocenters. The van der Waals surface area contributed by atoms with E-state index in [4.69, 9.17) is 0 Å². The fraction of sp³-hybridized carbons (Fsp3) is 0.412. The lowest BCUT2D eigenvalue weighted by molar-refractivity contribution is 0.597. The summed E-state index contributed by atoms with van der Waals surface area (Å²) < 4.78 is 3.26. The van der Waals surface area contributed by atoms with Crippen LogP contribution in [0.2, 0.25) is 0 Å². The Morgan fingerprint density at radius 3 is 2.73 bits per heavy atom. The van der Waals surface area contributed by atoms with Crippen LogP contribution in [0.4, 0.5) is 5.13 Å². The molecule has 3 heterocycles. The van der Waals surface area contributed by atoms with Gasteiger partial charge in [0, 0.05) is 22.6 Å². The van der Waals surface area contributed by atoms with Crippen LogP contribution >= 0.6 is 34.9 Å². The van der Waals surface area contributed by atoms with Gasteiger partial charge in [0.05, 0.1) is 6.04 Å². The summed E-state index contributed by atoms with van der Waals surface area (Å²) in [5.41, 5.74) is 1.10. The lowest BCUT2D eigenvalue weighted by Gasteiger charge is -2.18. The van der Waals surface area contributed by atoms with Crippen molar-refractivity contribution in [3.05, 3.63) is 30.3 Å². The molecule has 1 aromatic carbocycles. The van der Waals surface area contributed by atoms with Crippen molar-refractivity contribution in [2.45, 2.75) is 41.8 Å². The van der Waals surface area contributed by atoms with Crippen LogP contribution in [-0.2, 0) is 0 Å². The van der Waals surface area contributed by atoms with E-state index in [2.05, 4.69) is 63.2 Å². The Hall–Kier alpha value is -1.58. The van der Waals surface area contributed by atoms with Crippen molar-refractivity contribution in [1.82, 2.24) is 25.0 Å². The molecule has 3 aromatic rings. The van der Waals surface area contributed by atoms with Crippen molar-refractivity contribution in [3.8, 4) is 11.4 Å². The fourth-order valence-electron chi connectivity index (χ4n) is 2.66. The first-order valence-corrected chi connectivity index (χ1v) is 11.2. The van der Waals surface area contributed by atoms with Gasteiger partial charge in [-0.1, -0.05) is 65.2 Å². The zero-order valence-corrected chi connectivity index (χ0v) is 17.3. The number of benzene rings is 1. The standard InChI is InChI=1S/C17H20N6S3/c1-17(2,3)18-14-20-22-16(26-14)25-10-12-9-24-15-21-19-13(23(12)15)11-7-5-4-6-8-11/h4-8,12H,9-10H2,1-3H3,(H,18,20)/t12-/m1/s1. The zero-order chi connectivity index (χ0) is 18.1. The first-order chi connectivity index (χ1) is 12.5. The Morgan fingerprint density at radius 1 is 1.15 bits per heavy atom. The molecule has 0 fully saturated rings. The number of hydrogen-bond donors (Lipinski definition) is 1. The molecule has 0 radical (unpaired) electrons. The van der Waals surface area contributed by atoms with Crippen LogP contribution in [0.15, 0.2) is 39.8 Å². The number of anilines is 1. The molecule has 1 aliphatic rings. The van der Waals surface area contributed by atoms with Gasteiger partial charge < -0.3 is 5.32 Å². The van der Waals surface area contributed by atoms with Crippen molar-refractivity contribution in [1.29, 1.82) is 0 Å². The maximum Gasteiger partial charge on any atom is 0.206 e. The average molecular weight is 405 g/mol. The minimum atomic E-state index is -0.00840. The quantitative estimate of drug-likeness (QED) is 0.630. The highest BCUT2D eigenvalue weighted by Crippen LogP contribution is 2.39. The first-order valence-electron chi connectivity index (χ1n) is 8.37. The predicted molar refractivity (Wildman–Crippen MR) is 109 cm³/mol. The fourth-order valence-corrected chi connectivity index (χ4v) is 5.96. The average Bonchev–Trinajstić information content (AvgIpc) is 3.29. The molecule has 4 rings (SSSR count). The molecule has 1 N–H and O–H groups in total. The SMILES string of the molecule is CC(C)(C)Nc1nnc(SC[C@H]2CSc3nnc(-c4ccccc4)n32)s1. The maximum atomic E-state index is 4.41. The topological polar surface area (TPSA) is 68.5 Å². The lowest BCUT2D eigenvalue weighted by Crippen LogP contribution is -2.25. The van der Waals surface area contributed by atoms with E-state index in [1.54, 1.807) is 34.9 Å². The smallest absolute Gasteiger partial charge is 0.206 e. The minimum absolute atomic E-state index is 0.00840. The third-order valence-electron chi connectivity index (χ3n) is 3.75. The van der Waals surface area contributed by atoms with Gasteiger partial charge in [0.25, 0.3) is 0 Å². The summed E-state index contributed by atoms with van der Waals surface area (Å²) in [5.74, 6) is 2.90. The first kappa shape index (κ1) is 17.8. The maximum absolute atomic E-state index is 4.41. The van der Waals surface area contributed by atoms with E-state index < -0.39 is 0 Å². The van der Waals surface area contributed by atoms with E-state index in [1.807, 2.05) is 18.2 Å². The van der Waals surface area contributed by atoms with Crippen LogP contribution in [0.1, 0.15) is 26.8 Å². The highest BCUT2D eigenvalue weighted by atomic mass is 32.2. The van der Waals surface area contributed by atoms with E-state index in [0.717, 1.165) is 37.5 Å². The summed E-state index contributed by atoms with van der Waals surface area (Å²) in [7, 11) is 0. The normalized spacial score (nSPS) is 16.7. The largest absolute Gasteiger partial charge is 0.355 e.